The third kappa shape index (κ3) is 2.57. The third-order valence-corrected chi connectivity index (χ3v) is 4.14. The monoisotopic (exact) mass is 291 g/mol. The quantitative estimate of drug-likeness (QED) is 0.670. The molecule has 2 nitrogen and oxygen atoms in total. The van der Waals surface area contributed by atoms with E-state index in [1.54, 1.807) is 7.11 Å². The summed E-state index contributed by atoms with van der Waals surface area (Å²) in [5.41, 5.74) is 7.09. The second-order valence-corrected chi connectivity index (χ2v) is 5.72. The average Bonchev–Trinajstić information content (AvgIpc) is 2.53. The molecule has 3 rings (SSSR count). The van der Waals surface area contributed by atoms with Crippen LogP contribution in [-0.4, -0.2) is 12.1 Å². The number of aryl methyl sites for hydroxylation is 3. The van der Waals surface area contributed by atoms with Crippen LogP contribution in [0, 0.1) is 13.8 Å². The number of benzene rings is 2. The first-order chi connectivity index (χ1) is 10.6. The van der Waals surface area contributed by atoms with E-state index < -0.39 is 0 Å². The number of fused-ring (bicyclic) bond motifs is 1. The van der Waals surface area contributed by atoms with Gasteiger partial charge in [0, 0.05) is 17.0 Å². The molecule has 0 spiro atoms. The molecule has 2 aromatic carbocycles. The van der Waals surface area contributed by atoms with Crippen LogP contribution in [0.15, 0.2) is 42.5 Å². The maximum atomic E-state index is 5.34. The van der Waals surface area contributed by atoms with Crippen molar-refractivity contribution in [2.75, 3.05) is 7.11 Å². The second-order valence-electron chi connectivity index (χ2n) is 5.72. The molecule has 1 aromatic heterocycles. The van der Waals surface area contributed by atoms with Gasteiger partial charge in [0.1, 0.15) is 5.75 Å². The van der Waals surface area contributed by atoms with E-state index in [4.69, 9.17) is 9.72 Å². The van der Waals surface area contributed by atoms with Crippen LogP contribution in [0.5, 0.6) is 5.75 Å². The largest absolute Gasteiger partial charge is 0.497 e. The number of aromatic nitrogens is 1. The predicted molar refractivity (Wildman–Crippen MR) is 92.6 cm³/mol. The summed E-state index contributed by atoms with van der Waals surface area (Å²) in [6, 6.07) is 14.8. The molecule has 3 aromatic rings. The van der Waals surface area contributed by atoms with E-state index in [2.05, 4.69) is 51.1 Å². The molecule has 0 saturated heterocycles. The molecule has 0 amide bonds. The molecule has 0 bridgehead atoms. The molecular weight excluding hydrogens is 270 g/mol. The van der Waals surface area contributed by atoms with Crippen LogP contribution >= 0.6 is 0 Å². The minimum absolute atomic E-state index is 0.847. The van der Waals surface area contributed by atoms with E-state index >= 15 is 0 Å². The molecule has 1 heterocycles. The van der Waals surface area contributed by atoms with E-state index in [1.807, 2.05) is 12.1 Å². The molecule has 0 unspecified atom stereocenters. The number of ether oxygens (including phenoxy) is 1. The summed E-state index contributed by atoms with van der Waals surface area (Å²) in [5.74, 6) is 0.847. The molecule has 0 atom stereocenters. The first-order valence-corrected chi connectivity index (χ1v) is 7.67. The Balaban J connectivity index is 2.25. The van der Waals surface area contributed by atoms with Gasteiger partial charge in [-0.2, -0.15) is 0 Å². The first kappa shape index (κ1) is 14.6. The van der Waals surface area contributed by atoms with Gasteiger partial charge >= 0.3 is 0 Å². The third-order valence-electron chi connectivity index (χ3n) is 4.14. The highest BCUT2D eigenvalue weighted by Gasteiger charge is 2.09. The van der Waals surface area contributed by atoms with E-state index in [9.17, 15) is 0 Å². The van der Waals surface area contributed by atoms with Crippen molar-refractivity contribution in [1.82, 2.24) is 4.98 Å². The number of hydrogen-bond donors (Lipinski definition) is 0. The molecule has 0 aliphatic heterocycles. The van der Waals surface area contributed by atoms with Gasteiger partial charge in [0.05, 0.1) is 18.3 Å². The fourth-order valence-corrected chi connectivity index (χ4v) is 2.94. The minimum Gasteiger partial charge on any atom is -0.497 e. The normalized spacial score (nSPS) is 10.9. The highest BCUT2D eigenvalue weighted by molar-refractivity contribution is 5.86. The van der Waals surface area contributed by atoms with Gasteiger partial charge in [-0.3, -0.25) is 0 Å². The zero-order valence-electron chi connectivity index (χ0n) is 13.6. The minimum atomic E-state index is 0.847. The van der Waals surface area contributed by atoms with Crippen LogP contribution in [0.2, 0.25) is 0 Å². The average molecular weight is 291 g/mol. The number of methoxy groups -OCH3 is 1. The molecule has 0 N–H and O–H groups in total. The lowest BCUT2D eigenvalue weighted by Gasteiger charge is -2.12. The van der Waals surface area contributed by atoms with Gasteiger partial charge < -0.3 is 4.74 Å². The van der Waals surface area contributed by atoms with Crippen molar-refractivity contribution in [1.29, 1.82) is 0 Å². The van der Waals surface area contributed by atoms with E-state index in [0.29, 0.717) is 0 Å². The van der Waals surface area contributed by atoms with Crippen molar-refractivity contribution >= 4 is 10.9 Å². The Morgan fingerprint density at radius 2 is 1.82 bits per heavy atom. The van der Waals surface area contributed by atoms with Crippen LogP contribution < -0.4 is 4.74 Å². The molecule has 2 heteroatoms. The highest BCUT2D eigenvalue weighted by Crippen LogP contribution is 2.29. The standard InChI is InChI=1S/C20H21NO/c1-5-15-11-19(17-8-6-13(2)10-14(17)3)21-20-12-16(22-4)7-9-18(15)20/h6-12H,5H2,1-4H3. The van der Waals surface area contributed by atoms with Crippen LogP contribution in [0.25, 0.3) is 22.2 Å². The Kier molecular flexibility index (Phi) is 3.84. The summed E-state index contributed by atoms with van der Waals surface area (Å²) in [5, 5.41) is 1.21. The highest BCUT2D eigenvalue weighted by atomic mass is 16.5. The molecule has 112 valence electrons. The Hall–Kier alpha value is -2.35. The van der Waals surface area contributed by atoms with Crippen molar-refractivity contribution in [3.63, 3.8) is 0 Å². The molecular formula is C20H21NO. The summed E-state index contributed by atoms with van der Waals surface area (Å²) < 4.78 is 5.34. The summed E-state index contributed by atoms with van der Waals surface area (Å²) in [4.78, 5) is 4.87. The van der Waals surface area contributed by atoms with Gasteiger partial charge in [-0.05, 0) is 49.6 Å². The van der Waals surface area contributed by atoms with Gasteiger partial charge in [0.25, 0.3) is 0 Å². The molecule has 0 radical (unpaired) electrons. The maximum Gasteiger partial charge on any atom is 0.121 e. The molecule has 0 fully saturated rings. The van der Waals surface area contributed by atoms with Gasteiger partial charge in [-0.1, -0.05) is 30.7 Å². The Morgan fingerprint density at radius 3 is 2.50 bits per heavy atom. The number of rotatable bonds is 3. The van der Waals surface area contributed by atoms with E-state index in [1.165, 1.54) is 27.6 Å². The molecule has 0 aliphatic rings. The van der Waals surface area contributed by atoms with Crippen LogP contribution in [0.4, 0.5) is 0 Å². The van der Waals surface area contributed by atoms with Crippen molar-refractivity contribution in [3.8, 4) is 17.0 Å². The topological polar surface area (TPSA) is 22.1 Å². The Morgan fingerprint density at radius 1 is 1.00 bits per heavy atom. The van der Waals surface area contributed by atoms with Crippen LogP contribution in [0.1, 0.15) is 23.6 Å². The van der Waals surface area contributed by atoms with Gasteiger partial charge in [-0.25, -0.2) is 4.98 Å². The maximum absolute atomic E-state index is 5.34. The number of pyridine rings is 1. The lowest BCUT2D eigenvalue weighted by molar-refractivity contribution is 0.415. The summed E-state index contributed by atoms with van der Waals surface area (Å²) in [6.45, 7) is 6.45. The van der Waals surface area contributed by atoms with Crippen molar-refractivity contribution in [2.45, 2.75) is 27.2 Å². The smallest absolute Gasteiger partial charge is 0.121 e. The fourth-order valence-electron chi connectivity index (χ4n) is 2.94. The fraction of sp³-hybridized carbons (Fsp3) is 0.250. The number of nitrogens with zero attached hydrogens (tertiary/aromatic N) is 1. The lowest BCUT2D eigenvalue weighted by atomic mass is 9.98. The SMILES string of the molecule is CCc1cc(-c2ccc(C)cc2C)nc2cc(OC)ccc12. The summed E-state index contributed by atoms with van der Waals surface area (Å²) >= 11 is 0. The van der Waals surface area contributed by atoms with Crippen molar-refractivity contribution in [2.24, 2.45) is 0 Å². The zero-order chi connectivity index (χ0) is 15.7. The van der Waals surface area contributed by atoms with Crippen LogP contribution in [0.3, 0.4) is 0 Å². The van der Waals surface area contributed by atoms with Gasteiger partial charge in [0.15, 0.2) is 0 Å². The van der Waals surface area contributed by atoms with E-state index in [-0.39, 0.29) is 0 Å². The Labute approximate surface area is 131 Å². The van der Waals surface area contributed by atoms with Crippen molar-refractivity contribution in [3.05, 3.63) is 59.2 Å². The second kappa shape index (κ2) is 5.80. The van der Waals surface area contributed by atoms with Crippen LogP contribution in [-0.2, 0) is 6.42 Å². The molecule has 0 aliphatic carbocycles. The van der Waals surface area contributed by atoms with Gasteiger partial charge in [-0.15, -0.1) is 0 Å². The summed E-state index contributed by atoms with van der Waals surface area (Å²) in [7, 11) is 1.69. The number of hydrogen-bond acceptors (Lipinski definition) is 2. The van der Waals surface area contributed by atoms with E-state index in [0.717, 1.165) is 23.4 Å². The Bertz CT molecular complexity index is 836. The lowest BCUT2D eigenvalue weighted by Crippen LogP contribution is -1.94. The molecule has 0 saturated carbocycles. The van der Waals surface area contributed by atoms with Crippen molar-refractivity contribution < 1.29 is 4.74 Å². The van der Waals surface area contributed by atoms with Gasteiger partial charge in [0.2, 0.25) is 0 Å². The molecule has 22 heavy (non-hydrogen) atoms. The first-order valence-electron chi connectivity index (χ1n) is 7.67. The predicted octanol–water partition coefficient (Wildman–Crippen LogP) is 5.09. The summed E-state index contributed by atoms with van der Waals surface area (Å²) in [6.07, 6.45) is 0.989. The zero-order valence-corrected chi connectivity index (χ0v) is 13.6.